The summed E-state index contributed by atoms with van der Waals surface area (Å²) in [6.45, 7) is 9.65. The lowest BCUT2D eigenvalue weighted by molar-refractivity contribution is -0.120. The van der Waals surface area contributed by atoms with E-state index in [-0.39, 0.29) is 17.2 Å². The van der Waals surface area contributed by atoms with E-state index in [9.17, 15) is 4.79 Å². The van der Waals surface area contributed by atoms with E-state index in [1.165, 1.54) is 36.6 Å². The molecule has 0 aliphatic carbocycles. The molecule has 0 saturated carbocycles. The molecule has 1 aliphatic heterocycles. The number of piperidine rings is 1. The van der Waals surface area contributed by atoms with E-state index in [1.807, 2.05) is 26.8 Å². The van der Waals surface area contributed by atoms with Crippen LogP contribution >= 0.6 is 11.8 Å². The molecule has 152 valence electrons. The summed E-state index contributed by atoms with van der Waals surface area (Å²) in [6.07, 6.45) is 3.82. The minimum Gasteiger partial charge on any atom is -0.353 e. The summed E-state index contributed by atoms with van der Waals surface area (Å²) < 4.78 is 2.17. The predicted octanol–water partition coefficient (Wildman–Crippen LogP) is 3.32. The van der Waals surface area contributed by atoms with Gasteiger partial charge in [0.05, 0.1) is 18.3 Å². The number of nitrogens with one attached hydrogen (secondary N) is 1. The first-order chi connectivity index (χ1) is 13.5. The van der Waals surface area contributed by atoms with Crippen molar-refractivity contribution in [3.63, 3.8) is 0 Å². The van der Waals surface area contributed by atoms with E-state index in [0.717, 1.165) is 37.2 Å². The number of hydrogen-bond donors (Lipinski definition) is 1. The van der Waals surface area contributed by atoms with Gasteiger partial charge in [0.1, 0.15) is 5.82 Å². The molecule has 0 unspecified atom stereocenters. The summed E-state index contributed by atoms with van der Waals surface area (Å²) in [5.41, 5.74) is 1.21. The molecule has 3 rings (SSSR count). The number of likely N-dealkylation sites (tertiary alicyclic amines) is 1. The molecule has 1 amide bonds. The van der Waals surface area contributed by atoms with Crippen LogP contribution in [0.4, 0.5) is 0 Å². The van der Waals surface area contributed by atoms with Crippen molar-refractivity contribution < 1.29 is 4.79 Å². The van der Waals surface area contributed by atoms with Crippen LogP contribution in [0.1, 0.15) is 51.4 Å². The van der Waals surface area contributed by atoms with Crippen molar-refractivity contribution in [1.82, 2.24) is 25.0 Å². The van der Waals surface area contributed by atoms with Gasteiger partial charge in [0.2, 0.25) is 5.91 Å². The summed E-state index contributed by atoms with van der Waals surface area (Å²) in [4.78, 5) is 14.8. The summed E-state index contributed by atoms with van der Waals surface area (Å²) in [6, 6.07) is 10.5. The van der Waals surface area contributed by atoms with Crippen molar-refractivity contribution in [2.24, 2.45) is 0 Å². The lowest BCUT2D eigenvalue weighted by Gasteiger charge is -2.26. The summed E-state index contributed by atoms with van der Waals surface area (Å²) in [5, 5.41) is 12.5. The van der Waals surface area contributed by atoms with Crippen LogP contribution < -0.4 is 5.32 Å². The second-order valence-corrected chi connectivity index (χ2v) is 9.04. The lowest BCUT2D eigenvalue weighted by Crippen LogP contribution is -2.36. The van der Waals surface area contributed by atoms with Gasteiger partial charge in [-0.05, 0) is 52.3 Å². The quantitative estimate of drug-likeness (QED) is 0.688. The third-order valence-corrected chi connectivity index (χ3v) is 5.95. The molecule has 2 heterocycles. The van der Waals surface area contributed by atoms with Crippen LogP contribution in [0.15, 0.2) is 35.5 Å². The SMILES string of the molecule is CC(C)NC(=O)[C@H](C)Sc1nnc(CN2CCCCC2)n1Cc1ccccc1. The minimum atomic E-state index is -0.219. The number of rotatable bonds is 8. The van der Waals surface area contributed by atoms with E-state index in [1.54, 1.807) is 0 Å². The standard InChI is InChI=1S/C21H31N5OS/c1-16(2)22-20(27)17(3)28-21-24-23-19(15-25-12-8-5-9-13-25)26(21)14-18-10-6-4-7-11-18/h4,6-7,10-11,16-17H,5,8-9,12-15H2,1-3H3,(H,22,27)/t17-/m0/s1. The number of carbonyl (C=O) groups excluding carboxylic acids is 1. The second-order valence-electron chi connectivity index (χ2n) is 7.73. The molecule has 1 saturated heterocycles. The topological polar surface area (TPSA) is 63.1 Å². The number of hydrogen-bond acceptors (Lipinski definition) is 5. The van der Waals surface area contributed by atoms with Crippen molar-refractivity contribution in [1.29, 1.82) is 0 Å². The summed E-state index contributed by atoms with van der Waals surface area (Å²) in [7, 11) is 0. The van der Waals surface area contributed by atoms with Gasteiger partial charge in [-0.3, -0.25) is 9.69 Å². The van der Waals surface area contributed by atoms with E-state index in [4.69, 9.17) is 0 Å². The molecule has 1 aromatic heterocycles. The van der Waals surface area contributed by atoms with Crippen LogP contribution in [-0.4, -0.2) is 50.0 Å². The zero-order valence-corrected chi connectivity index (χ0v) is 17.9. The molecule has 1 aromatic carbocycles. The Hall–Kier alpha value is -1.86. The van der Waals surface area contributed by atoms with Gasteiger partial charge in [-0.25, -0.2) is 0 Å². The highest BCUT2D eigenvalue weighted by atomic mass is 32.2. The number of nitrogens with zero attached hydrogens (tertiary/aromatic N) is 4. The average Bonchev–Trinajstić information content (AvgIpc) is 3.04. The van der Waals surface area contributed by atoms with Gasteiger partial charge >= 0.3 is 0 Å². The van der Waals surface area contributed by atoms with E-state index in [2.05, 4.69) is 49.2 Å². The van der Waals surface area contributed by atoms with Gasteiger partial charge < -0.3 is 9.88 Å². The van der Waals surface area contributed by atoms with Crippen molar-refractivity contribution in [2.75, 3.05) is 13.1 Å². The zero-order valence-electron chi connectivity index (χ0n) is 17.1. The van der Waals surface area contributed by atoms with Crippen LogP contribution in [0.3, 0.4) is 0 Å². The maximum absolute atomic E-state index is 12.4. The molecule has 0 spiro atoms. The Morgan fingerprint density at radius 2 is 1.79 bits per heavy atom. The van der Waals surface area contributed by atoms with Gasteiger partial charge in [0, 0.05) is 6.04 Å². The summed E-state index contributed by atoms with van der Waals surface area (Å²) >= 11 is 1.48. The van der Waals surface area contributed by atoms with Crippen LogP contribution in [0, 0.1) is 0 Å². The van der Waals surface area contributed by atoms with E-state index in [0.29, 0.717) is 0 Å². The monoisotopic (exact) mass is 401 g/mol. The molecular weight excluding hydrogens is 370 g/mol. The molecule has 1 fully saturated rings. The number of thioether (sulfide) groups is 1. The molecule has 2 aromatic rings. The van der Waals surface area contributed by atoms with Gasteiger partial charge in [0.15, 0.2) is 5.16 Å². The molecule has 0 radical (unpaired) electrons. The molecule has 1 N–H and O–H groups in total. The number of carbonyl (C=O) groups is 1. The van der Waals surface area contributed by atoms with Crippen LogP contribution in [0.25, 0.3) is 0 Å². The smallest absolute Gasteiger partial charge is 0.233 e. The number of benzene rings is 1. The fourth-order valence-electron chi connectivity index (χ4n) is 3.38. The Morgan fingerprint density at radius 1 is 1.07 bits per heavy atom. The normalized spacial score (nSPS) is 16.3. The van der Waals surface area contributed by atoms with Gasteiger partial charge in [-0.15, -0.1) is 10.2 Å². The van der Waals surface area contributed by atoms with Crippen molar-refractivity contribution in [2.45, 2.75) is 69.6 Å². The molecule has 1 atom stereocenters. The lowest BCUT2D eigenvalue weighted by atomic mass is 10.1. The second kappa shape index (κ2) is 10.1. The van der Waals surface area contributed by atoms with E-state index < -0.39 is 0 Å². The highest BCUT2D eigenvalue weighted by Crippen LogP contribution is 2.24. The number of aromatic nitrogens is 3. The van der Waals surface area contributed by atoms with Gasteiger partial charge in [0.25, 0.3) is 0 Å². The average molecular weight is 402 g/mol. The van der Waals surface area contributed by atoms with Crippen LogP contribution in [0.5, 0.6) is 0 Å². The number of amides is 1. The fraction of sp³-hybridized carbons (Fsp3) is 0.571. The maximum atomic E-state index is 12.4. The first-order valence-electron chi connectivity index (χ1n) is 10.2. The van der Waals surface area contributed by atoms with Gasteiger partial charge in [-0.2, -0.15) is 0 Å². The Labute approximate surface area is 172 Å². The first-order valence-corrected chi connectivity index (χ1v) is 11.1. The Bertz CT molecular complexity index is 755. The highest BCUT2D eigenvalue weighted by molar-refractivity contribution is 8.00. The Morgan fingerprint density at radius 3 is 2.46 bits per heavy atom. The molecule has 7 heteroatoms. The van der Waals surface area contributed by atoms with Crippen LogP contribution in [0.2, 0.25) is 0 Å². The highest BCUT2D eigenvalue weighted by Gasteiger charge is 2.22. The first kappa shape index (κ1) is 20.9. The van der Waals surface area contributed by atoms with E-state index >= 15 is 0 Å². The largest absolute Gasteiger partial charge is 0.353 e. The molecule has 1 aliphatic rings. The molecule has 0 bridgehead atoms. The third-order valence-electron chi connectivity index (χ3n) is 4.87. The maximum Gasteiger partial charge on any atom is 0.233 e. The Kier molecular flexibility index (Phi) is 7.50. The molecule has 28 heavy (non-hydrogen) atoms. The molecule has 6 nitrogen and oxygen atoms in total. The summed E-state index contributed by atoms with van der Waals surface area (Å²) in [5.74, 6) is 1.01. The van der Waals surface area contributed by atoms with Crippen molar-refractivity contribution in [3.05, 3.63) is 41.7 Å². The predicted molar refractivity (Wildman–Crippen MR) is 113 cm³/mol. The fourth-order valence-corrected chi connectivity index (χ4v) is 4.26. The van der Waals surface area contributed by atoms with Crippen molar-refractivity contribution >= 4 is 17.7 Å². The van der Waals surface area contributed by atoms with Crippen LogP contribution in [-0.2, 0) is 17.9 Å². The Balaban J connectivity index is 1.79. The third kappa shape index (κ3) is 5.82. The van der Waals surface area contributed by atoms with Crippen molar-refractivity contribution in [3.8, 4) is 0 Å². The minimum absolute atomic E-state index is 0.0341. The zero-order chi connectivity index (χ0) is 19.9. The molecular formula is C21H31N5OS. The van der Waals surface area contributed by atoms with Gasteiger partial charge in [-0.1, -0.05) is 48.5 Å².